The Morgan fingerprint density at radius 2 is 1.93 bits per heavy atom. The number of carbonyl (C=O) groups excluding carboxylic acids is 2. The Hall–Kier alpha value is -1.96. The van der Waals surface area contributed by atoms with Crippen LogP contribution in [-0.2, 0) is 9.53 Å². The Labute approximate surface area is 182 Å². The third-order valence-corrected chi connectivity index (χ3v) is 4.99. The standard InChI is InChI=1S/C20H20Cl2FNO4S/c1-29-11-8-17(24-19(25)14-7-6-13(21)12-15(14)22)20(26)28-10-9-27-18-5-3-2-4-16(18)23/h2-7,12,17H,8-11H2,1H3,(H,24,25). The summed E-state index contributed by atoms with van der Waals surface area (Å²) in [5.74, 6) is -0.885. The molecule has 2 aromatic rings. The second kappa shape index (κ2) is 11.9. The highest BCUT2D eigenvalue weighted by Gasteiger charge is 2.23. The van der Waals surface area contributed by atoms with Gasteiger partial charge in [-0.25, -0.2) is 9.18 Å². The summed E-state index contributed by atoms with van der Waals surface area (Å²) in [4.78, 5) is 24.9. The van der Waals surface area contributed by atoms with Crippen LogP contribution in [0.2, 0.25) is 10.0 Å². The Bertz CT molecular complexity index is 853. The van der Waals surface area contributed by atoms with Crippen molar-refractivity contribution in [2.45, 2.75) is 12.5 Å². The van der Waals surface area contributed by atoms with Gasteiger partial charge in [-0.05, 0) is 48.8 Å². The van der Waals surface area contributed by atoms with Crippen molar-refractivity contribution in [1.82, 2.24) is 5.32 Å². The molecule has 0 heterocycles. The van der Waals surface area contributed by atoms with Gasteiger partial charge in [-0.2, -0.15) is 11.8 Å². The lowest BCUT2D eigenvalue weighted by Crippen LogP contribution is -2.42. The number of benzene rings is 2. The SMILES string of the molecule is CSCCC(NC(=O)c1ccc(Cl)cc1Cl)C(=O)OCCOc1ccccc1F. The van der Waals surface area contributed by atoms with Crippen LogP contribution in [0.1, 0.15) is 16.8 Å². The van der Waals surface area contributed by atoms with Gasteiger partial charge in [-0.15, -0.1) is 0 Å². The summed E-state index contributed by atoms with van der Waals surface area (Å²) in [5.41, 5.74) is 0.209. The van der Waals surface area contributed by atoms with Crippen LogP contribution in [0.15, 0.2) is 42.5 Å². The minimum Gasteiger partial charge on any atom is -0.487 e. The lowest BCUT2D eigenvalue weighted by Gasteiger charge is -2.18. The molecule has 1 N–H and O–H groups in total. The maximum absolute atomic E-state index is 13.5. The zero-order valence-corrected chi connectivity index (χ0v) is 18.0. The molecule has 29 heavy (non-hydrogen) atoms. The van der Waals surface area contributed by atoms with Gasteiger partial charge in [0.2, 0.25) is 0 Å². The van der Waals surface area contributed by atoms with Crippen molar-refractivity contribution >= 4 is 46.8 Å². The van der Waals surface area contributed by atoms with Gasteiger partial charge in [0.25, 0.3) is 5.91 Å². The molecule has 0 aliphatic heterocycles. The highest BCUT2D eigenvalue weighted by atomic mass is 35.5. The highest BCUT2D eigenvalue weighted by Crippen LogP contribution is 2.21. The van der Waals surface area contributed by atoms with Gasteiger partial charge in [0, 0.05) is 5.02 Å². The number of hydrogen-bond donors (Lipinski definition) is 1. The van der Waals surface area contributed by atoms with E-state index in [1.807, 2.05) is 6.26 Å². The molecule has 1 amide bonds. The monoisotopic (exact) mass is 459 g/mol. The summed E-state index contributed by atoms with van der Waals surface area (Å²) in [5, 5.41) is 3.23. The van der Waals surface area contributed by atoms with E-state index in [1.165, 1.54) is 42.1 Å². The molecular weight excluding hydrogens is 440 g/mol. The molecule has 5 nitrogen and oxygen atoms in total. The molecule has 0 spiro atoms. The van der Waals surface area contributed by atoms with Crippen LogP contribution >= 0.6 is 35.0 Å². The number of halogens is 3. The number of hydrogen-bond acceptors (Lipinski definition) is 5. The van der Waals surface area contributed by atoms with Gasteiger partial charge in [-0.3, -0.25) is 4.79 Å². The normalized spacial score (nSPS) is 11.6. The van der Waals surface area contributed by atoms with Crippen LogP contribution in [0.25, 0.3) is 0 Å². The number of carbonyl (C=O) groups is 2. The molecule has 156 valence electrons. The fourth-order valence-corrected chi connectivity index (χ4v) is 3.32. The number of nitrogens with one attached hydrogen (secondary N) is 1. The van der Waals surface area contributed by atoms with Crippen LogP contribution in [0.5, 0.6) is 5.75 Å². The molecule has 0 aliphatic carbocycles. The van der Waals surface area contributed by atoms with Gasteiger partial charge in [0.05, 0.1) is 10.6 Å². The van der Waals surface area contributed by atoms with E-state index < -0.39 is 23.7 Å². The van der Waals surface area contributed by atoms with Crippen molar-refractivity contribution in [2.75, 3.05) is 25.2 Å². The fraction of sp³-hybridized carbons (Fsp3) is 0.300. The van der Waals surface area contributed by atoms with Crippen molar-refractivity contribution in [2.24, 2.45) is 0 Å². The first-order chi connectivity index (χ1) is 13.9. The van der Waals surface area contributed by atoms with E-state index >= 15 is 0 Å². The molecule has 0 bridgehead atoms. The zero-order valence-electron chi connectivity index (χ0n) is 15.6. The first-order valence-corrected chi connectivity index (χ1v) is 10.9. The maximum Gasteiger partial charge on any atom is 0.328 e. The van der Waals surface area contributed by atoms with E-state index in [4.69, 9.17) is 32.7 Å². The highest BCUT2D eigenvalue weighted by molar-refractivity contribution is 7.98. The van der Waals surface area contributed by atoms with Gasteiger partial charge in [-0.1, -0.05) is 35.3 Å². The molecule has 0 fully saturated rings. The van der Waals surface area contributed by atoms with Crippen molar-refractivity contribution in [1.29, 1.82) is 0 Å². The van der Waals surface area contributed by atoms with E-state index in [9.17, 15) is 14.0 Å². The summed E-state index contributed by atoms with van der Waals surface area (Å²) in [7, 11) is 0. The van der Waals surface area contributed by atoms with Gasteiger partial charge >= 0.3 is 5.97 Å². The summed E-state index contributed by atoms with van der Waals surface area (Å²) in [6.07, 6.45) is 2.27. The molecule has 0 saturated heterocycles. The average molecular weight is 460 g/mol. The van der Waals surface area contributed by atoms with Crippen molar-refractivity contribution in [3.8, 4) is 5.75 Å². The smallest absolute Gasteiger partial charge is 0.328 e. The quantitative estimate of drug-likeness (QED) is 0.415. The minimum absolute atomic E-state index is 0.0150. The molecule has 0 saturated carbocycles. The van der Waals surface area contributed by atoms with Crippen molar-refractivity contribution < 1.29 is 23.5 Å². The number of rotatable bonds is 10. The topological polar surface area (TPSA) is 64.6 Å². The Kier molecular flexibility index (Phi) is 9.57. The van der Waals surface area contributed by atoms with Crippen LogP contribution in [0, 0.1) is 5.82 Å². The van der Waals surface area contributed by atoms with E-state index in [0.717, 1.165) is 0 Å². The molecule has 1 atom stereocenters. The van der Waals surface area contributed by atoms with Crippen LogP contribution in [0.4, 0.5) is 4.39 Å². The predicted octanol–water partition coefficient (Wildman–Crippen LogP) is 4.61. The second-order valence-corrected chi connectivity index (χ2v) is 7.71. The fourth-order valence-electron chi connectivity index (χ4n) is 2.35. The number of thioether (sulfide) groups is 1. The van der Waals surface area contributed by atoms with E-state index in [-0.39, 0.29) is 29.5 Å². The summed E-state index contributed by atoms with van der Waals surface area (Å²) in [6.45, 7) is -0.0978. The Balaban J connectivity index is 1.91. The zero-order chi connectivity index (χ0) is 21.2. The lowest BCUT2D eigenvalue weighted by molar-refractivity contribution is -0.146. The van der Waals surface area contributed by atoms with Crippen molar-refractivity contribution in [3.05, 3.63) is 63.9 Å². The molecule has 2 rings (SSSR count). The third-order valence-electron chi connectivity index (χ3n) is 3.80. The lowest BCUT2D eigenvalue weighted by atomic mass is 10.1. The molecular formula is C20H20Cl2FNO4S. The maximum atomic E-state index is 13.5. The average Bonchev–Trinajstić information content (AvgIpc) is 2.69. The van der Waals surface area contributed by atoms with Crippen molar-refractivity contribution in [3.63, 3.8) is 0 Å². The summed E-state index contributed by atoms with van der Waals surface area (Å²) in [6, 6.07) is 9.57. The summed E-state index contributed by atoms with van der Waals surface area (Å²) >= 11 is 13.4. The third kappa shape index (κ3) is 7.42. The number of esters is 1. The van der Waals surface area contributed by atoms with Crippen LogP contribution < -0.4 is 10.1 Å². The Morgan fingerprint density at radius 1 is 1.17 bits per heavy atom. The number of para-hydroxylation sites is 1. The molecule has 9 heteroatoms. The number of ether oxygens (including phenoxy) is 2. The minimum atomic E-state index is -0.852. The Morgan fingerprint density at radius 3 is 2.62 bits per heavy atom. The van der Waals surface area contributed by atoms with Crippen LogP contribution in [-0.4, -0.2) is 43.1 Å². The first-order valence-electron chi connectivity index (χ1n) is 8.71. The second-order valence-electron chi connectivity index (χ2n) is 5.88. The molecule has 1 unspecified atom stereocenters. The summed E-state index contributed by atoms with van der Waals surface area (Å²) < 4.78 is 23.9. The molecule has 0 aromatic heterocycles. The van der Waals surface area contributed by atoms with Gasteiger partial charge in [0.1, 0.15) is 19.3 Å². The van der Waals surface area contributed by atoms with Crippen LogP contribution in [0.3, 0.4) is 0 Å². The molecule has 0 aliphatic rings. The largest absolute Gasteiger partial charge is 0.487 e. The molecule has 0 radical (unpaired) electrons. The first kappa shape index (κ1) is 23.3. The van der Waals surface area contributed by atoms with Gasteiger partial charge in [0.15, 0.2) is 11.6 Å². The van der Waals surface area contributed by atoms with E-state index in [2.05, 4.69) is 5.32 Å². The van der Waals surface area contributed by atoms with Gasteiger partial charge < -0.3 is 14.8 Å². The predicted molar refractivity (Wildman–Crippen MR) is 114 cm³/mol. The molecule has 2 aromatic carbocycles. The number of amides is 1. The van der Waals surface area contributed by atoms with E-state index in [0.29, 0.717) is 17.2 Å². The van der Waals surface area contributed by atoms with E-state index in [1.54, 1.807) is 12.1 Å².